The van der Waals surface area contributed by atoms with Gasteiger partial charge in [-0.05, 0) is 6.42 Å². The van der Waals surface area contributed by atoms with Crippen LogP contribution in [0.4, 0.5) is 4.79 Å². The van der Waals surface area contributed by atoms with Crippen LogP contribution in [0.2, 0.25) is 0 Å². The maximum Gasteiger partial charge on any atom is 0.320 e. The molecule has 0 aliphatic carbocycles. The molecule has 0 spiro atoms. The quantitative estimate of drug-likeness (QED) is 0.698. The second-order valence-corrected chi connectivity index (χ2v) is 3.72. The van der Waals surface area contributed by atoms with Gasteiger partial charge in [0.15, 0.2) is 0 Å². The number of carbonyl (C=O) groups is 2. The van der Waals surface area contributed by atoms with Gasteiger partial charge in [0.05, 0.1) is 5.92 Å². The molecule has 1 N–H and O–H groups in total. The van der Waals surface area contributed by atoms with E-state index in [1.54, 1.807) is 18.0 Å². The monoisotopic (exact) mass is 212 g/mol. The minimum absolute atomic E-state index is 0.126. The summed E-state index contributed by atoms with van der Waals surface area (Å²) in [4.78, 5) is 25.5. The van der Waals surface area contributed by atoms with Crippen LogP contribution in [0.25, 0.3) is 0 Å². The summed E-state index contributed by atoms with van der Waals surface area (Å²) >= 11 is 0. The van der Waals surface area contributed by atoms with E-state index in [0.29, 0.717) is 26.1 Å². The Balaban J connectivity index is 2.49. The summed E-state index contributed by atoms with van der Waals surface area (Å²) in [5.41, 5.74) is 0. The van der Waals surface area contributed by atoms with Gasteiger partial charge in [-0.1, -0.05) is 6.08 Å². The van der Waals surface area contributed by atoms with Gasteiger partial charge in [0.25, 0.3) is 0 Å². The predicted molar refractivity (Wildman–Crippen MR) is 55.5 cm³/mol. The molecule has 5 heteroatoms. The molecule has 1 unspecified atom stereocenters. The fourth-order valence-corrected chi connectivity index (χ4v) is 1.65. The SMILES string of the molecule is C=CCN(C)C(=O)N1CCC(C(=O)O)C1. The number of carboxylic acid groups (broad SMARTS) is 1. The molecule has 1 aliphatic heterocycles. The lowest BCUT2D eigenvalue weighted by Gasteiger charge is -2.23. The number of hydrogen-bond donors (Lipinski definition) is 1. The third-order valence-corrected chi connectivity index (χ3v) is 2.54. The van der Waals surface area contributed by atoms with Gasteiger partial charge in [0.2, 0.25) is 0 Å². The van der Waals surface area contributed by atoms with Crippen LogP contribution in [0.15, 0.2) is 12.7 Å². The maximum absolute atomic E-state index is 11.7. The Morgan fingerprint density at radius 1 is 1.67 bits per heavy atom. The van der Waals surface area contributed by atoms with Crippen molar-refractivity contribution in [2.24, 2.45) is 5.92 Å². The minimum atomic E-state index is -0.823. The minimum Gasteiger partial charge on any atom is -0.481 e. The number of nitrogens with zero attached hydrogens (tertiary/aromatic N) is 2. The zero-order valence-corrected chi connectivity index (χ0v) is 8.85. The van der Waals surface area contributed by atoms with Gasteiger partial charge in [-0.25, -0.2) is 4.79 Å². The summed E-state index contributed by atoms with van der Waals surface area (Å²) in [6, 6.07) is -0.126. The van der Waals surface area contributed by atoms with E-state index in [1.807, 2.05) is 0 Å². The Morgan fingerprint density at radius 3 is 2.80 bits per heavy atom. The molecule has 15 heavy (non-hydrogen) atoms. The maximum atomic E-state index is 11.7. The lowest BCUT2D eigenvalue weighted by Crippen LogP contribution is -2.40. The number of hydrogen-bond acceptors (Lipinski definition) is 2. The summed E-state index contributed by atoms with van der Waals surface area (Å²) in [7, 11) is 1.68. The van der Waals surface area contributed by atoms with E-state index in [4.69, 9.17) is 5.11 Å². The highest BCUT2D eigenvalue weighted by Crippen LogP contribution is 2.17. The van der Waals surface area contributed by atoms with Crippen LogP contribution in [0, 0.1) is 5.92 Å². The fraction of sp³-hybridized carbons (Fsp3) is 0.600. The molecule has 1 aliphatic rings. The van der Waals surface area contributed by atoms with E-state index in [-0.39, 0.29) is 6.03 Å². The molecule has 1 rings (SSSR count). The number of carbonyl (C=O) groups excluding carboxylic acids is 1. The number of amides is 2. The Hall–Kier alpha value is -1.52. The smallest absolute Gasteiger partial charge is 0.320 e. The standard InChI is InChI=1S/C10H16N2O3/c1-3-5-11(2)10(15)12-6-4-8(7-12)9(13)14/h3,8H,1,4-7H2,2H3,(H,13,14). The fourth-order valence-electron chi connectivity index (χ4n) is 1.65. The van der Waals surface area contributed by atoms with Crippen molar-refractivity contribution in [3.05, 3.63) is 12.7 Å². The molecule has 2 amide bonds. The van der Waals surface area contributed by atoms with Crippen molar-refractivity contribution in [3.63, 3.8) is 0 Å². The molecule has 1 saturated heterocycles. The lowest BCUT2D eigenvalue weighted by atomic mass is 10.1. The van der Waals surface area contributed by atoms with E-state index in [9.17, 15) is 9.59 Å². The van der Waals surface area contributed by atoms with Gasteiger partial charge in [-0.3, -0.25) is 4.79 Å². The van der Waals surface area contributed by atoms with Crippen LogP contribution in [0.1, 0.15) is 6.42 Å². The average Bonchev–Trinajstić information content (AvgIpc) is 2.65. The van der Waals surface area contributed by atoms with Crippen molar-refractivity contribution in [2.75, 3.05) is 26.7 Å². The Bertz CT molecular complexity index is 278. The van der Waals surface area contributed by atoms with Gasteiger partial charge in [-0.15, -0.1) is 6.58 Å². The number of rotatable bonds is 3. The molecule has 0 aromatic carbocycles. The van der Waals surface area contributed by atoms with Crippen LogP contribution >= 0.6 is 0 Å². The third-order valence-electron chi connectivity index (χ3n) is 2.54. The van der Waals surface area contributed by atoms with Crippen LogP contribution in [-0.2, 0) is 4.79 Å². The first kappa shape index (κ1) is 11.6. The van der Waals surface area contributed by atoms with Crippen LogP contribution < -0.4 is 0 Å². The molecule has 0 aromatic rings. The van der Waals surface area contributed by atoms with Crippen molar-refractivity contribution in [1.82, 2.24) is 9.80 Å². The van der Waals surface area contributed by atoms with E-state index in [0.717, 1.165) is 0 Å². The van der Waals surface area contributed by atoms with Crippen molar-refractivity contribution in [2.45, 2.75) is 6.42 Å². The molecule has 84 valence electrons. The number of carboxylic acids is 1. The Morgan fingerprint density at radius 2 is 2.33 bits per heavy atom. The predicted octanol–water partition coefficient (Wildman–Crippen LogP) is 0.631. The van der Waals surface area contributed by atoms with E-state index in [2.05, 4.69) is 6.58 Å². The Labute approximate surface area is 89.0 Å². The Kier molecular flexibility index (Phi) is 3.71. The zero-order valence-electron chi connectivity index (χ0n) is 8.85. The van der Waals surface area contributed by atoms with Crippen molar-refractivity contribution >= 4 is 12.0 Å². The second kappa shape index (κ2) is 4.82. The summed E-state index contributed by atoms with van der Waals surface area (Å²) < 4.78 is 0. The van der Waals surface area contributed by atoms with Crippen LogP contribution in [0.3, 0.4) is 0 Å². The van der Waals surface area contributed by atoms with Crippen molar-refractivity contribution < 1.29 is 14.7 Å². The number of likely N-dealkylation sites (tertiary alicyclic amines) is 1. The topological polar surface area (TPSA) is 60.9 Å². The van der Waals surface area contributed by atoms with E-state index in [1.165, 1.54) is 4.90 Å². The van der Waals surface area contributed by atoms with Crippen LogP contribution in [0.5, 0.6) is 0 Å². The molecule has 0 saturated carbocycles. The summed E-state index contributed by atoms with van der Waals surface area (Å²) in [6.45, 7) is 4.87. The molecule has 1 heterocycles. The largest absolute Gasteiger partial charge is 0.481 e. The van der Waals surface area contributed by atoms with E-state index < -0.39 is 11.9 Å². The number of likely N-dealkylation sites (N-methyl/N-ethyl adjacent to an activating group) is 1. The lowest BCUT2D eigenvalue weighted by molar-refractivity contribution is -0.141. The summed E-state index contributed by atoms with van der Waals surface area (Å²) in [5, 5.41) is 8.79. The van der Waals surface area contributed by atoms with Crippen molar-refractivity contribution in [3.8, 4) is 0 Å². The van der Waals surface area contributed by atoms with Gasteiger partial charge < -0.3 is 14.9 Å². The highest BCUT2D eigenvalue weighted by molar-refractivity contribution is 5.77. The van der Waals surface area contributed by atoms with E-state index >= 15 is 0 Å². The first-order valence-corrected chi connectivity index (χ1v) is 4.90. The molecule has 0 aromatic heterocycles. The molecule has 0 bridgehead atoms. The number of urea groups is 1. The molecular formula is C10H16N2O3. The average molecular weight is 212 g/mol. The molecule has 5 nitrogen and oxygen atoms in total. The molecule has 1 atom stereocenters. The molecular weight excluding hydrogens is 196 g/mol. The third kappa shape index (κ3) is 2.71. The first-order valence-electron chi connectivity index (χ1n) is 4.90. The van der Waals surface area contributed by atoms with Crippen LogP contribution in [-0.4, -0.2) is 53.6 Å². The second-order valence-electron chi connectivity index (χ2n) is 3.72. The van der Waals surface area contributed by atoms with Gasteiger partial charge in [0, 0.05) is 26.7 Å². The first-order chi connectivity index (χ1) is 7.06. The van der Waals surface area contributed by atoms with Gasteiger partial charge >= 0.3 is 12.0 Å². The summed E-state index contributed by atoms with van der Waals surface area (Å²) in [6.07, 6.45) is 2.19. The highest BCUT2D eigenvalue weighted by Gasteiger charge is 2.31. The summed E-state index contributed by atoms with van der Waals surface area (Å²) in [5.74, 6) is -1.23. The van der Waals surface area contributed by atoms with Gasteiger partial charge in [0.1, 0.15) is 0 Å². The zero-order chi connectivity index (χ0) is 11.4. The molecule has 1 fully saturated rings. The normalized spacial score (nSPS) is 20.1. The highest BCUT2D eigenvalue weighted by atomic mass is 16.4. The molecule has 0 radical (unpaired) electrons. The van der Waals surface area contributed by atoms with Gasteiger partial charge in [-0.2, -0.15) is 0 Å². The van der Waals surface area contributed by atoms with Crippen molar-refractivity contribution in [1.29, 1.82) is 0 Å². The number of aliphatic carboxylic acids is 1.